The highest BCUT2D eigenvalue weighted by atomic mass is 32.2. The molecule has 1 aliphatic heterocycles. The first-order valence-corrected chi connectivity index (χ1v) is 8.80. The van der Waals surface area contributed by atoms with E-state index >= 15 is 0 Å². The van der Waals surface area contributed by atoms with Gasteiger partial charge in [-0.25, -0.2) is 0 Å². The van der Waals surface area contributed by atoms with Crippen LogP contribution in [0.5, 0.6) is 5.75 Å². The van der Waals surface area contributed by atoms with Gasteiger partial charge in [0, 0.05) is 29.2 Å². The number of aryl methyl sites for hydroxylation is 2. The number of nitrogens with zero attached hydrogens (tertiary/aromatic N) is 3. The molecule has 0 amide bonds. The largest absolute Gasteiger partial charge is 0.488 e. The number of furan rings is 1. The van der Waals surface area contributed by atoms with E-state index in [-0.39, 0.29) is 0 Å². The maximum Gasteiger partial charge on any atom is 0.134 e. The molecule has 0 atom stereocenters. The van der Waals surface area contributed by atoms with Crippen LogP contribution in [0.15, 0.2) is 51.7 Å². The Morgan fingerprint density at radius 3 is 2.96 bits per heavy atom. The van der Waals surface area contributed by atoms with Crippen molar-refractivity contribution in [3.05, 3.63) is 53.0 Å². The average Bonchev–Trinajstić information content (AvgIpc) is 3.23. The maximum atomic E-state index is 6.00. The van der Waals surface area contributed by atoms with Gasteiger partial charge >= 0.3 is 0 Å². The molecule has 0 bridgehead atoms. The van der Waals surface area contributed by atoms with Crippen LogP contribution in [0.2, 0.25) is 0 Å². The van der Waals surface area contributed by atoms with Crippen LogP contribution in [-0.2, 0) is 7.05 Å². The van der Waals surface area contributed by atoms with Crippen molar-refractivity contribution in [3.63, 3.8) is 0 Å². The maximum absolute atomic E-state index is 6.00. The van der Waals surface area contributed by atoms with Crippen LogP contribution in [-0.4, -0.2) is 22.3 Å². The predicted molar refractivity (Wildman–Crippen MR) is 97.3 cm³/mol. The van der Waals surface area contributed by atoms with Gasteiger partial charge in [0.15, 0.2) is 0 Å². The fourth-order valence-corrected chi connectivity index (χ4v) is 3.94. The van der Waals surface area contributed by atoms with Crippen molar-refractivity contribution in [2.45, 2.75) is 13.8 Å². The third-order valence-electron chi connectivity index (χ3n) is 4.16. The second kappa shape index (κ2) is 5.94. The molecule has 0 N–H and O–H groups in total. The molecule has 3 heterocycles. The third-order valence-corrected chi connectivity index (χ3v) is 5.31. The van der Waals surface area contributed by atoms with Crippen LogP contribution in [0, 0.1) is 6.92 Å². The predicted octanol–water partition coefficient (Wildman–Crippen LogP) is 4.30. The Bertz CT molecular complexity index is 925. The minimum Gasteiger partial charge on any atom is -0.488 e. The summed E-state index contributed by atoms with van der Waals surface area (Å²) in [7, 11) is 1.93. The highest BCUT2D eigenvalue weighted by Gasteiger charge is 2.22. The highest BCUT2D eigenvalue weighted by Crippen LogP contribution is 2.35. The summed E-state index contributed by atoms with van der Waals surface area (Å²) in [6.07, 6.45) is 3.92. The molecule has 0 unspecified atom stereocenters. The molecule has 0 saturated heterocycles. The molecule has 0 fully saturated rings. The van der Waals surface area contributed by atoms with Crippen LogP contribution in [0.3, 0.4) is 0 Å². The molecule has 2 aromatic heterocycles. The Labute approximate surface area is 144 Å². The molecule has 0 spiro atoms. The fraction of sp³-hybridized carbons (Fsp3) is 0.278. The first-order valence-electron chi connectivity index (χ1n) is 7.82. The Kier molecular flexibility index (Phi) is 3.76. The van der Waals surface area contributed by atoms with Gasteiger partial charge in [0.1, 0.15) is 23.7 Å². The van der Waals surface area contributed by atoms with Gasteiger partial charge in [-0.3, -0.25) is 4.68 Å². The van der Waals surface area contributed by atoms with Crippen molar-refractivity contribution in [2.75, 3.05) is 17.4 Å². The molecule has 0 saturated carbocycles. The molecular weight excluding hydrogens is 322 g/mol. The number of anilines is 1. The Morgan fingerprint density at radius 2 is 2.17 bits per heavy atom. The van der Waals surface area contributed by atoms with Crippen molar-refractivity contribution in [2.24, 2.45) is 7.05 Å². The van der Waals surface area contributed by atoms with Gasteiger partial charge in [-0.15, -0.1) is 11.8 Å². The van der Waals surface area contributed by atoms with Crippen LogP contribution in [0.25, 0.3) is 11.0 Å². The summed E-state index contributed by atoms with van der Waals surface area (Å²) < 4.78 is 13.4. The number of hydrogen-bond acceptors (Lipinski definition) is 5. The number of ether oxygens (including phenoxy) is 1. The quantitative estimate of drug-likeness (QED) is 0.708. The van der Waals surface area contributed by atoms with Gasteiger partial charge in [-0.2, -0.15) is 5.10 Å². The van der Waals surface area contributed by atoms with Crippen LogP contribution >= 0.6 is 11.8 Å². The van der Waals surface area contributed by atoms with Gasteiger partial charge in [-0.05, 0) is 38.1 Å². The van der Waals surface area contributed by atoms with E-state index < -0.39 is 0 Å². The fourth-order valence-electron chi connectivity index (χ4n) is 2.85. The van der Waals surface area contributed by atoms with E-state index in [1.807, 2.05) is 67.1 Å². The summed E-state index contributed by atoms with van der Waals surface area (Å²) in [4.78, 5) is 3.52. The number of rotatable bonds is 4. The van der Waals surface area contributed by atoms with Gasteiger partial charge in [0.05, 0.1) is 17.8 Å². The van der Waals surface area contributed by atoms with Gasteiger partial charge in [0.25, 0.3) is 0 Å². The van der Waals surface area contributed by atoms with Crippen LogP contribution in [0.4, 0.5) is 5.69 Å². The number of benzene rings is 1. The van der Waals surface area contributed by atoms with E-state index in [1.54, 1.807) is 0 Å². The zero-order chi connectivity index (χ0) is 16.7. The lowest BCUT2D eigenvalue weighted by atomic mass is 10.2. The molecule has 5 nitrogen and oxygen atoms in total. The lowest BCUT2D eigenvalue weighted by molar-refractivity contribution is 0.359. The normalized spacial score (nSPS) is 14.9. The van der Waals surface area contributed by atoms with E-state index in [9.17, 15) is 0 Å². The Morgan fingerprint density at radius 1 is 1.29 bits per heavy atom. The van der Waals surface area contributed by atoms with E-state index in [0.717, 1.165) is 34.0 Å². The average molecular weight is 341 g/mol. The summed E-state index contributed by atoms with van der Waals surface area (Å²) in [5.41, 5.74) is 3.24. The Balaban J connectivity index is 1.49. The second-order valence-corrected chi connectivity index (χ2v) is 6.97. The minimum absolute atomic E-state index is 0.579. The Hall–Kier alpha value is -2.34. The van der Waals surface area contributed by atoms with Crippen molar-refractivity contribution in [1.29, 1.82) is 0 Å². The summed E-state index contributed by atoms with van der Waals surface area (Å²) in [5.74, 6) is 2.68. The molecule has 6 heteroatoms. The molecule has 3 aromatic rings. The number of aromatic nitrogens is 2. The molecule has 1 aromatic carbocycles. The zero-order valence-corrected chi connectivity index (χ0v) is 14.8. The van der Waals surface area contributed by atoms with E-state index in [1.165, 1.54) is 10.6 Å². The van der Waals surface area contributed by atoms with Gasteiger partial charge in [-0.1, -0.05) is 0 Å². The van der Waals surface area contributed by atoms with Crippen molar-refractivity contribution in [3.8, 4) is 5.75 Å². The summed E-state index contributed by atoms with van der Waals surface area (Å²) >= 11 is 1.81. The molecule has 24 heavy (non-hydrogen) atoms. The molecule has 4 rings (SSSR count). The van der Waals surface area contributed by atoms with E-state index in [2.05, 4.69) is 16.9 Å². The topological polar surface area (TPSA) is 43.4 Å². The summed E-state index contributed by atoms with van der Waals surface area (Å²) in [6, 6.07) is 7.98. The van der Waals surface area contributed by atoms with Crippen molar-refractivity contribution < 1.29 is 9.15 Å². The smallest absolute Gasteiger partial charge is 0.134 e. The van der Waals surface area contributed by atoms with Gasteiger partial charge < -0.3 is 14.1 Å². The van der Waals surface area contributed by atoms with Gasteiger partial charge in [0.2, 0.25) is 0 Å². The number of allylic oxidation sites excluding steroid dienone is 1. The number of hydrogen-bond donors (Lipinski definition) is 0. The molecule has 0 radical (unpaired) electrons. The lowest BCUT2D eigenvalue weighted by Crippen LogP contribution is -2.15. The highest BCUT2D eigenvalue weighted by molar-refractivity contribution is 8.03. The molecule has 1 aliphatic rings. The zero-order valence-electron chi connectivity index (χ0n) is 13.9. The lowest BCUT2D eigenvalue weighted by Gasteiger charge is -2.16. The number of thioether (sulfide) groups is 1. The molecule has 0 aliphatic carbocycles. The summed E-state index contributed by atoms with van der Waals surface area (Å²) in [5, 5.41) is 5.32. The van der Waals surface area contributed by atoms with Crippen molar-refractivity contribution >= 4 is 28.4 Å². The van der Waals surface area contributed by atoms with E-state index in [0.29, 0.717) is 6.61 Å². The van der Waals surface area contributed by atoms with Crippen LogP contribution < -0.4 is 9.64 Å². The third kappa shape index (κ3) is 2.78. The SMILES string of the molecule is CC1=C(COc2ccc3oc(C)cc3c2)SCN1c1cnn(C)c1. The monoisotopic (exact) mass is 341 g/mol. The number of fused-ring (bicyclic) bond motifs is 1. The summed E-state index contributed by atoms with van der Waals surface area (Å²) in [6.45, 7) is 4.67. The first kappa shape index (κ1) is 15.2. The minimum atomic E-state index is 0.579. The van der Waals surface area contributed by atoms with Crippen LogP contribution in [0.1, 0.15) is 12.7 Å². The van der Waals surface area contributed by atoms with E-state index in [4.69, 9.17) is 9.15 Å². The standard InChI is InChI=1S/C18H19N3O2S/c1-12-6-14-7-16(4-5-17(14)23-12)22-10-18-13(2)21(11-24-18)15-8-19-20(3)9-15/h4-9H,10-11H2,1-3H3. The molecule has 124 valence electrons. The van der Waals surface area contributed by atoms with Crippen molar-refractivity contribution in [1.82, 2.24) is 9.78 Å². The molecular formula is C18H19N3O2S. The second-order valence-electron chi connectivity index (χ2n) is 5.93. The first-order chi connectivity index (χ1) is 11.6.